The summed E-state index contributed by atoms with van der Waals surface area (Å²) in [7, 11) is -3.38. The zero-order chi connectivity index (χ0) is 29.1. The first kappa shape index (κ1) is 29.0. The molecule has 0 aliphatic heterocycles. The first-order chi connectivity index (χ1) is 18.9. The highest BCUT2D eigenvalue weighted by Gasteiger charge is 2.30. The summed E-state index contributed by atoms with van der Waals surface area (Å²) < 4.78 is 68.5. The van der Waals surface area contributed by atoms with Crippen molar-refractivity contribution >= 4 is 26.6 Å². The minimum absolute atomic E-state index is 0.0372. The second-order valence-electron chi connectivity index (χ2n) is 9.16. The summed E-state index contributed by atoms with van der Waals surface area (Å²) in [6, 6.07) is 16.5. The van der Waals surface area contributed by atoms with Crippen molar-refractivity contribution in [3.05, 3.63) is 101 Å². The number of aliphatic hydroxyl groups is 1. The first-order valence-electron chi connectivity index (χ1n) is 12.4. The minimum atomic E-state index is -4.42. The number of nitrogens with zero attached hydrogens (tertiary/aromatic N) is 1. The Bertz CT molecular complexity index is 1620. The van der Waals surface area contributed by atoms with Crippen molar-refractivity contribution in [2.45, 2.75) is 37.6 Å². The standard InChI is InChI=1S/C29H27F3N2O5S/c1-3-40(37,38)23-11-6-20(7-12-23)26(16-35)34-28(36)21-8-13-24-25(15-21)33-18(2)14-27(24)39-17-19-4-9-22(10-5-19)29(30,31)32/h4-15,26,35H,3,16-17H2,1-2H3,(H,34,36)/t26-/m0/s1. The Labute approximate surface area is 229 Å². The van der Waals surface area contributed by atoms with Gasteiger partial charge in [0.25, 0.3) is 5.91 Å². The number of hydrogen-bond acceptors (Lipinski definition) is 6. The number of sulfone groups is 1. The predicted molar refractivity (Wildman–Crippen MR) is 144 cm³/mol. The van der Waals surface area contributed by atoms with Crippen molar-refractivity contribution < 1.29 is 36.2 Å². The van der Waals surface area contributed by atoms with Gasteiger partial charge in [-0.15, -0.1) is 0 Å². The largest absolute Gasteiger partial charge is 0.488 e. The topological polar surface area (TPSA) is 106 Å². The average molecular weight is 573 g/mol. The first-order valence-corrected chi connectivity index (χ1v) is 14.0. The Balaban J connectivity index is 1.51. The SMILES string of the molecule is CCS(=O)(=O)c1ccc([C@H](CO)NC(=O)c2ccc3c(OCc4ccc(C(F)(F)F)cc4)cc(C)nc3c2)cc1. The molecule has 11 heteroatoms. The molecule has 0 fully saturated rings. The number of halogens is 3. The van der Waals surface area contributed by atoms with Crippen LogP contribution in [0.4, 0.5) is 13.2 Å². The molecule has 0 aliphatic carbocycles. The molecule has 210 valence electrons. The van der Waals surface area contributed by atoms with Crippen LogP contribution >= 0.6 is 0 Å². The molecule has 0 saturated heterocycles. The van der Waals surface area contributed by atoms with Gasteiger partial charge in [0.1, 0.15) is 12.4 Å². The van der Waals surface area contributed by atoms with Gasteiger partial charge in [0, 0.05) is 22.7 Å². The molecule has 0 spiro atoms. The van der Waals surface area contributed by atoms with Crippen molar-refractivity contribution in [2.24, 2.45) is 0 Å². The van der Waals surface area contributed by atoms with Crippen LogP contribution in [0.1, 0.15) is 45.7 Å². The highest BCUT2D eigenvalue weighted by Crippen LogP contribution is 2.30. The van der Waals surface area contributed by atoms with Gasteiger partial charge in [-0.25, -0.2) is 8.42 Å². The van der Waals surface area contributed by atoms with E-state index in [1.807, 2.05) is 0 Å². The smallest absolute Gasteiger partial charge is 0.416 e. The molecule has 0 unspecified atom stereocenters. The number of amides is 1. The van der Waals surface area contributed by atoms with Crippen LogP contribution in [-0.2, 0) is 22.6 Å². The maximum Gasteiger partial charge on any atom is 0.416 e. The van der Waals surface area contributed by atoms with Gasteiger partial charge in [-0.3, -0.25) is 9.78 Å². The Hall–Kier alpha value is -3.96. The van der Waals surface area contributed by atoms with E-state index in [0.29, 0.717) is 33.5 Å². The van der Waals surface area contributed by atoms with E-state index in [2.05, 4.69) is 10.3 Å². The summed E-state index contributed by atoms with van der Waals surface area (Å²) in [4.78, 5) is 17.7. The molecule has 40 heavy (non-hydrogen) atoms. The number of carbonyl (C=O) groups is 1. The van der Waals surface area contributed by atoms with Gasteiger partial charge < -0.3 is 15.2 Å². The van der Waals surface area contributed by atoms with E-state index < -0.39 is 40.1 Å². The van der Waals surface area contributed by atoms with E-state index in [-0.39, 0.29) is 22.8 Å². The number of hydrogen-bond donors (Lipinski definition) is 2. The van der Waals surface area contributed by atoms with Crippen LogP contribution in [0.5, 0.6) is 5.75 Å². The number of nitrogens with one attached hydrogen (secondary N) is 1. The van der Waals surface area contributed by atoms with Crippen LogP contribution < -0.4 is 10.1 Å². The molecular formula is C29H27F3N2O5S. The van der Waals surface area contributed by atoms with E-state index in [1.54, 1.807) is 50.2 Å². The molecule has 0 saturated carbocycles. The van der Waals surface area contributed by atoms with Gasteiger partial charge in [0.2, 0.25) is 0 Å². The molecule has 0 bridgehead atoms. The monoisotopic (exact) mass is 572 g/mol. The fourth-order valence-corrected chi connectivity index (χ4v) is 4.97. The van der Waals surface area contributed by atoms with Gasteiger partial charge in [0.05, 0.1) is 34.4 Å². The van der Waals surface area contributed by atoms with Crippen LogP contribution in [0.2, 0.25) is 0 Å². The van der Waals surface area contributed by atoms with Crippen LogP contribution in [-0.4, -0.2) is 36.8 Å². The zero-order valence-electron chi connectivity index (χ0n) is 21.7. The van der Waals surface area contributed by atoms with Gasteiger partial charge in [0.15, 0.2) is 9.84 Å². The van der Waals surface area contributed by atoms with E-state index >= 15 is 0 Å². The molecule has 4 rings (SSSR count). The Morgan fingerprint density at radius 1 is 1.02 bits per heavy atom. The number of aromatic nitrogens is 1. The third-order valence-electron chi connectivity index (χ3n) is 6.35. The molecule has 1 heterocycles. The summed E-state index contributed by atoms with van der Waals surface area (Å²) in [5.74, 6) is -0.0458. The highest BCUT2D eigenvalue weighted by atomic mass is 32.2. The number of benzene rings is 3. The van der Waals surface area contributed by atoms with Gasteiger partial charge in [-0.2, -0.15) is 13.2 Å². The lowest BCUT2D eigenvalue weighted by atomic mass is 10.1. The number of alkyl halides is 3. The van der Waals surface area contributed by atoms with Crippen LogP contribution in [0, 0.1) is 6.92 Å². The van der Waals surface area contributed by atoms with Gasteiger partial charge >= 0.3 is 6.18 Å². The van der Waals surface area contributed by atoms with E-state index in [0.717, 1.165) is 12.1 Å². The molecule has 0 aliphatic rings. The summed E-state index contributed by atoms with van der Waals surface area (Å²) in [5, 5.41) is 13.2. The number of pyridine rings is 1. The maximum absolute atomic E-state index is 13.0. The molecule has 0 radical (unpaired) electrons. The van der Waals surface area contributed by atoms with E-state index in [1.165, 1.54) is 24.3 Å². The lowest BCUT2D eigenvalue weighted by Gasteiger charge is -2.18. The second kappa shape index (κ2) is 11.6. The van der Waals surface area contributed by atoms with Crippen molar-refractivity contribution in [1.82, 2.24) is 10.3 Å². The number of aryl methyl sites for hydroxylation is 1. The molecule has 1 amide bonds. The van der Waals surface area contributed by atoms with Crippen molar-refractivity contribution in [3.63, 3.8) is 0 Å². The summed E-state index contributed by atoms with van der Waals surface area (Å²) in [5.41, 5.74) is 1.73. The van der Waals surface area contributed by atoms with Crippen molar-refractivity contribution in [3.8, 4) is 5.75 Å². The lowest BCUT2D eigenvalue weighted by Crippen LogP contribution is -2.30. The van der Waals surface area contributed by atoms with E-state index in [9.17, 15) is 31.5 Å². The molecule has 2 N–H and O–H groups in total. The van der Waals surface area contributed by atoms with E-state index in [4.69, 9.17) is 4.74 Å². The van der Waals surface area contributed by atoms with Crippen LogP contribution in [0.15, 0.2) is 77.7 Å². The normalized spacial score (nSPS) is 12.8. The Kier molecular flexibility index (Phi) is 8.45. The number of aliphatic hydroxyl groups excluding tert-OH is 1. The number of carbonyl (C=O) groups excluding carboxylic acids is 1. The Morgan fingerprint density at radius 2 is 1.70 bits per heavy atom. The summed E-state index contributed by atoms with van der Waals surface area (Å²) >= 11 is 0. The predicted octanol–water partition coefficient (Wildman–Crippen LogP) is 5.40. The third kappa shape index (κ3) is 6.60. The Morgan fingerprint density at radius 3 is 2.30 bits per heavy atom. The molecule has 3 aromatic carbocycles. The van der Waals surface area contributed by atoms with Gasteiger partial charge in [-0.1, -0.05) is 31.2 Å². The fourth-order valence-electron chi connectivity index (χ4n) is 4.08. The molecule has 1 atom stereocenters. The molecule has 1 aromatic heterocycles. The van der Waals surface area contributed by atoms with Crippen molar-refractivity contribution in [1.29, 1.82) is 0 Å². The quantitative estimate of drug-likeness (QED) is 0.278. The molecule has 7 nitrogen and oxygen atoms in total. The average Bonchev–Trinajstić information content (AvgIpc) is 2.93. The lowest BCUT2D eigenvalue weighted by molar-refractivity contribution is -0.137. The fraction of sp³-hybridized carbons (Fsp3) is 0.241. The van der Waals surface area contributed by atoms with Gasteiger partial charge in [-0.05, 0) is 60.5 Å². The summed E-state index contributed by atoms with van der Waals surface area (Å²) in [6.45, 7) is 2.93. The van der Waals surface area contributed by atoms with Crippen molar-refractivity contribution in [2.75, 3.05) is 12.4 Å². The third-order valence-corrected chi connectivity index (χ3v) is 8.10. The number of ether oxygens (including phenoxy) is 1. The van der Waals surface area contributed by atoms with Crippen LogP contribution in [0.25, 0.3) is 10.9 Å². The molecule has 4 aromatic rings. The minimum Gasteiger partial charge on any atom is -0.488 e. The zero-order valence-corrected chi connectivity index (χ0v) is 22.5. The maximum atomic E-state index is 13.0. The number of fused-ring (bicyclic) bond motifs is 1. The van der Waals surface area contributed by atoms with Crippen LogP contribution in [0.3, 0.4) is 0 Å². The second-order valence-corrected chi connectivity index (χ2v) is 11.4. The molecular weight excluding hydrogens is 545 g/mol. The highest BCUT2D eigenvalue weighted by molar-refractivity contribution is 7.91. The number of rotatable bonds is 9. The summed E-state index contributed by atoms with van der Waals surface area (Å²) in [6.07, 6.45) is -4.42.